The molecule has 1 unspecified atom stereocenters. The molecule has 6 heteroatoms. The molecule has 0 radical (unpaired) electrons. The molecule has 0 fully saturated rings. The molecule has 0 aromatic carbocycles. The van der Waals surface area contributed by atoms with Gasteiger partial charge in [0.1, 0.15) is 13.2 Å². The molecule has 0 N–H and O–H groups in total. The summed E-state index contributed by atoms with van der Waals surface area (Å²) in [6.45, 7) is 6.53. The van der Waals surface area contributed by atoms with Gasteiger partial charge < -0.3 is 14.2 Å². The van der Waals surface area contributed by atoms with Gasteiger partial charge in [0.15, 0.2) is 6.10 Å². The molecule has 0 aliphatic heterocycles. The van der Waals surface area contributed by atoms with Crippen LogP contribution in [0.5, 0.6) is 0 Å². The van der Waals surface area contributed by atoms with Crippen molar-refractivity contribution in [2.75, 3.05) is 13.2 Å². The van der Waals surface area contributed by atoms with Crippen molar-refractivity contribution in [2.24, 2.45) is 0 Å². The Morgan fingerprint density at radius 3 is 1.00 bits per heavy atom. The van der Waals surface area contributed by atoms with Crippen LogP contribution in [0.25, 0.3) is 0 Å². The van der Waals surface area contributed by atoms with Crippen molar-refractivity contribution < 1.29 is 28.6 Å². The fourth-order valence-corrected chi connectivity index (χ4v) is 7.77. The van der Waals surface area contributed by atoms with E-state index in [1.165, 1.54) is 148 Å². The summed E-state index contributed by atoms with van der Waals surface area (Å²) < 4.78 is 16.8. The van der Waals surface area contributed by atoms with Gasteiger partial charge >= 0.3 is 17.9 Å². The molecular weight excluding hydrogens is 841 g/mol. The van der Waals surface area contributed by atoms with Gasteiger partial charge in [-0.15, -0.1) is 0 Å². The van der Waals surface area contributed by atoms with Gasteiger partial charge in [-0.2, -0.15) is 0 Å². The maximum absolute atomic E-state index is 12.8. The molecule has 6 nitrogen and oxygen atoms in total. The molecule has 0 aliphatic carbocycles. The smallest absolute Gasteiger partial charge is 0.306 e. The molecule has 0 spiro atoms. The van der Waals surface area contributed by atoms with Gasteiger partial charge in [0.05, 0.1) is 0 Å². The highest BCUT2D eigenvalue weighted by Crippen LogP contribution is 2.14. The molecule has 0 saturated carbocycles. The summed E-state index contributed by atoms with van der Waals surface area (Å²) in [4.78, 5) is 38.1. The second-order valence-corrected chi connectivity index (χ2v) is 18.9. The van der Waals surface area contributed by atoms with Crippen molar-refractivity contribution >= 4 is 17.9 Å². The Labute approximate surface area is 420 Å². The molecule has 0 saturated heterocycles. The number of ether oxygens (including phenoxy) is 3. The average molecular weight is 948 g/mol. The first-order chi connectivity index (χ1) is 33.5. The third-order valence-corrected chi connectivity index (χ3v) is 12.1. The summed E-state index contributed by atoms with van der Waals surface area (Å²) in [6.07, 6.45) is 72.9. The minimum atomic E-state index is -0.814. The van der Waals surface area contributed by atoms with E-state index in [1.807, 2.05) is 0 Å². The summed E-state index contributed by atoms with van der Waals surface area (Å²) in [7, 11) is 0. The van der Waals surface area contributed by atoms with E-state index in [1.54, 1.807) is 0 Å². The predicted molar refractivity (Wildman–Crippen MR) is 293 cm³/mol. The van der Waals surface area contributed by atoms with Crippen molar-refractivity contribution in [1.82, 2.24) is 0 Å². The van der Waals surface area contributed by atoms with Crippen LogP contribution in [-0.4, -0.2) is 37.2 Å². The van der Waals surface area contributed by atoms with Gasteiger partial charge in [-0.25, -0.2) is 0 Å². The zero-order chi connectivity index (χ0) is 49.3. The van der Waals surface area contributed by atoms with Crippen LogP contribution in [0.1, 0.15) is 271 Å². The van der Waals surface area contributed by atoms with E-state index in [9.17, 15) is 14.4 Å². The number of allylic oxidation sites excluding steroid dienone is 14. The fraction of sp³-hybridized carbons (Fsp3) is 0.726. The van der Waals surface area contributed by atoms with Crippen molar-refractivity contribution in [2.45, 2.75) is 277 Å². The Morgan fingerprint density at radius 2 is 0.588 bits per heavy atom. The molecule has 0 amide bonds. The summed E-state index contributed by atoms with van der Waals surface area (Å²) >= 11 is 0. The highest BCUT2D eigenvalue weighted by Gasteiger charge is 2.19. The molecule has 0 aromatic heterocycles. The van der Waals surface area contributed by atoms with Gasteiger partial charge in [0.2, 0.25) is 0 Å². The maximum atomic E-state index is 12.8. The summed E-state index contributed by atoms with van der Waals surface area (Å²) in [6, 6.07) is 0. The molecule has 1 atom stereocenters. The summed E-state index contributed by atoms with van der Waals surface area (Å²) in [5, 5.41) is 0. The van der Waals surface area contributed by atoms with E-state index in [0.29, 0.717) is 19.3 Å². The third kappa shape index (κ3) is 53.5. The minimum absolute atomic E-state index is 0.106. The predicted octanol–water partition coefficient (Wildman–Crippen LogP) is 19.2. The summed E-state index contributed by atoms with van der Waals surface area (Å²) in [5.74, 6) is -0.978. The van der Waals surface area contributed by atoms with Crippen LogP contribution in [-0.2, 0) is 28.6 Å². The van der Waals surface area contributed by atoms with Gasteiger partial charge in [0, 0.05) is 19.3 Å². The topological polar surface area (TPSA) is 78.9 Å². The van der Waals surface area contributed by atoms with E-state index >= 15 is 0 Å². The van der Waals surface area contributed by atoms with Gasteiger partial charge in [-0.3, -0.25) is 14.4 Å². The molecular formula is C62H106O6. The second kappa shape index (κ2) is 56.2. The van der Waals surface area contributed by atoms with E-state index in [4.69, 9.17) is 14.2 Å². The van der Waals surface area contributed by atoms with E-state index < -0.39 is 6.10 Å². The second-order valence-electron chi connectivity index (χ2n) is 18.9. The fourth-order valence-electron chi connectivity index (χ4n) is 7.77. The van der Waals surface area contributed by atoms with Gasteiger partial charge in [-0.05, 0) is 109 Å². The molecule has 0 aliphatic rings. The lowest BCUT2D eigenvalue weighted by atomic mass is 10.1. The highest BCUT2D eigenvalue weighted by molar-refractivity contribution is 5.71. The van der Waals surface area contributed by atoms with Crippen LogP contribution in [0.3, 0.4) is 0 Å². The number of unbranched alkanes of at least 4 members (excludes halogenated alkanes) is 27. The van der Waals surface area contributed by atoms with Crippen molar-refractivity contribution in [3.05, 3.63) is 85.1 Å². The lowest BCUT2D eigenvalue weighted by Gasteiger charge is -2.18. The Hall–Kier alpha value is -3.41. The zero-order valence-electron chi connectivity index (χ0n) is 44.6. The molecule has 0 aromatic rings. The first kappa shape index (κ1) is 64.6. The number of hydrogen-bond acceptors (Lipinski definition) is 6. The monoisotopic (exact) mass is 947 g/mol. The van der Waals surface area contributed by atoms with Crippen LogP contribution < -0.4 is 0 Å². The Bertz CT molecular complexity index is 1320. The number of hydrogen-bond donors (Lipinski definition) is 0. The third-order valence-electron chi connectivity index (χ3n) is 12.1. The van der Waals surface area contributed by atoms with Crippen molar-refractivity contribution in [3.63, 3.8) is 0 Å². The average Bonchev–Trinajstić information content (AvgIpc) is 3.34. The van der Waals surface area contributed by atoms with Crippen LogP contribution in [0, 0.1) is 0 Å². The van der Waals surface area contributed by atoms with Crippen LogP contribution in [0.15, 0.2) is 85.1 Å². The van der Waals surface area contributed by atoms with Crippen molar-refractivity contribution in [1.29, 1.82) is 0 Å². The number of esters is 3. The van der Waals surface area contributed by atoms with Crippen LogP contribution >= 0.6 is 0 Å². The highest BCUT2D eigenvalue weighted by atomic mass is 16.6. The first-order valence-electron chi connectivity index (χ1n) is 28.6. The molecule has 390 valence electrons. The van der Waals surface area contributed by atoms with E-state index in [-0.39, 0.29) is 37.5 Å². The van der Waals surface area contributed by atoms with Crippen LogP contribution in [0.4, 0.5) is 0 Å². The van der Waals surface area contributed by atoms with E-state index in [2.05, 4.69) is 106 Å². The first-order valence-corrected chi connectivity index (χ1v) is 28.6. The molecule has 0 rings (SSSR count). The standard InChI is InChI=1S/C62H106O6/c1-4-7-10-13-16-19-22-25-28-30-32-34-37-40-43-46-49-52-55-61(64)67-58-59(57-66-60(63)54-51-48-45-42-39-36-33-27-24-21-18-15-12-9-6-3)68-62(65)56-53-50-47-44-41-38-35-31-29-26-23-20-17-14-11-8-5-2/h17-18,20-21,24,26-27,29,32,34-35,38,44,47,59H,4-16,19,22-23,25,28,30-31,33,36-37,39-43,45-46,48-58H2,1-3H3/b20-17-,21-18-,27-24-,29-26-,34-32-,38-35-,47-44-. The molecule has 68 heavy (non-hydrogen) atoms. The summed E-state index contributed by atoms with van der Waals surface area (Å²) in [5.41, 5.74) is 0. The van der Waals surface area contributed by atoms with Crippen molar-refractivity contribution in [3.8, 4) is 0 Å². The van der Waals surface area contributed by atoms with Gasteiger partial charge in [-0.1, -0.05) is 228 Å². The lowest BCUT2D eigenvalue weighted by Crippen LogP contribution is -2.30. The normalized spacial score (nSPS) is 12.7. The number of carbonyl (C=O) groups is 3. The zero-order valence-corrected chi connectivity index (χ0v) is 44.6. The molecule has 0 heterocycles. The minimum Gasteiger partial charge on any atom is -0.462 e. The SMILES string of the molecule is CCCCC/C=C\C=C/CCCCCCCCC(=O)OCC(COC(=O)CCCCCCC/C=C\CCCCCCCCCCC)OC(=O)CCC/C=C\C/C=C\C/C=C\C/C=C\CCCCC. The van der Waals surface area contributed by atoms with E-state index in [0.717, 1.165) is 77.0 Å². The Balaban J connectivity index is 4.49. The van der Waals surface area contributed by atoms with Crippen LogP contribution in [0.2, 0.25) is 0 Å². The quantitative estimate of drug-likeness (QED) is 0.0199. The largest absolute Gasteiger partial charge is 0.462 e. The Kier molecular flexibility index (Phi) is 53.4. The Morgan fingerprint density at radius 1 is 0.309 bits per heavy atom. The van der Waals surface area contributed by atoms with Gasteiger partial charge in [0.25, 0.3) is 0 Å². The molecule has 0 bridgehead atoms. The lowest BCUT2D eigenvalue weighted by molar-refractivity contribution is -0.167. The maximum Gasteiger partial charge on any atom is 0.306 e. The number of rotatable bonds is 51. The number of carbonyl (C=O) groups excluding carboxylic acids is 3.